The van der Waals surface area contributed by atoms with Crippen molar-refractivity contribution in [3.63, 3.8) is 0 Å². The molecule has 31 heavy (non-hydrogen) atoms. The molecule has 4 rings (SSSR count). The zero-order chi connectivity index (χ0) is 21.5. The van der Waals surface area contributed by atoms with E-state index in [1.807, 2.05) is 18.2 Å². The molecule has 6 nitrogen and oxygen atoms in total. The Kier molecular flexibility index (Phi) is 7.57. The highest BCUT2D eigenvalue weighted by atomic mass is 16.3. The number of nitrogens with zero attached hydrogens (tertiary/aromatic N) is 2. The lowest BCUT2D eigenvalue weighted by molar-refractivity contribution is -0.115. The number of benzene rings is 2. The van der Waals surface area contributed by atoms with E-state index in [1.54, 1.807) is 0 Å². The van der Waals surface area contributed by atoms with Gasteiger partial charge in [-0.2, -0.15) is 0 Å². The monoisotopic (exact) mass is 422 g/mol. The van der Waals surface area contributed by atoms with Gasteiger partial charge in [-0.25, -0.2) is 0 Å². The van der Waals surface area contributed by atoms with Gasteiger partial charge in [-0.05, 0) is 55.6 Å². The van der Waals surface area contributed by atoms with Crippen molar-refractivity contribution in [1.29, 1.82) is 0 Å². The van der Waals surface area contributed by atoms with Crippen LogP contribution in [0.3, 0.4) is 0 Å². The van der Waals surface area contributed by atoms with Crippen LogP contribution in [0.1, 0.15) is 24.8 Å². The number of carbonyl (C=O) groups is 1. The molecule has 2 aliphatic heterocycles. The Labute approximate surface area is 185 Å². The molecule has 0 unspecified atom stereocenters. The van der Waals surface area contributed by atoms with Crippen LogP contribution < -0.4 is 15.5 Å². The number of hydrogen-bond donors (Lipinski definition) is 3. The molecule has 2 heterocycles. The van der Waals surface area contributed by atoms with Crippen LogP contribution in [0.2, 0.25) is 0 Å². The molecule has 3 N–H and O–H groups in total. The fourth-order valence-electron chi connectivity index (χ4n) is 4.71. The Morgan fingerprint density at radius 1 is 1.00 bits per heavy atom. The fourth-order valence-corrected chi connectivity index (χ4v) is 4.71. The van der Waals surface area contributed by atoms with Crippen LogP contribution in [-0.2, 0) is 11.3 Å². The standard InChI is InChI=1S/C25H34N4O2/c30-19-21-18-28(17-20-6-2-1-3-7-20)15-12-24(21)26-16-25(31)27-22-8-10-23(11-9-22)29-13-4-5-14-29/h1-3,6-11,21,24,26,30H,4-5,12-19H2,(H,27,31)/t21-,24-/m0/s1. The Balaban J connectivity index is 1.22. The fraction of sp³-hybridized carbons (Fsp3) is 0.480. The van der Waals surface area contributed by atoms with Crippen molar-refractivity contribution in [2.24, 2.45) is 5.92 Å². The highest BCUT2D eigenvalue weighted by Gasteiger charge is 2.28. The van der Waals surface area contributed by atoms with Crippen molar-refractivity contribution in [2.45, 2.75) is 31.8 Å². The first kappa shape index (κ1) is 21.8. The molecule has 2 aliphatic rings. The first-order valence-corrected chi connectivity index (χ1v) is 11.5. The van der Waals surface area contributed by atoms with Crippen LogP contribution in [0.15, 0.2) is 54.6 Å². The summed E-state index contributed by atoms with van der Waals surface area (Å²) in [6.07, 6.45) is 3.43. The predicted octanol–water partition coefficient (Wildman–Crippen LogP) is 2.70. The zero-order valence-electron chi connectivity index (χ0n) is 18.2. The summed E-state index contributed by atoms with van der Waals surface area (Å²) >= 11 is 0. The summed E-state index contributed by atoms with van der Waals surface area (Å²) in [5.41, 5.74) is 3.34. The molecule has 2 fully saturated rings. The number of carbonyl (C=O) groups excluding carboxylic acids is 1. The SMILES string of the molecule is O=C(CN[C@H]1CCN(Cc2ccccc2)C[C@H]1CO)Nc1ccc(N2CCCC2)cc1. The zero-order valence-corrected chi connectivity index (χ0v) is 18.2. The van der Waals surface area contributed by atoms with Gasteiger partial charge in [-0.3, -0.25) is 9.69 Å². The average Bonchev–Trinajstić information content (AvgIpc) is 3.34. The molecule has 6 heteroatoms. The van der Waals surface area contributed by atoms with Crippen molar-refractivity contribution in [3.05, 3.63) is 60.2 Å². The van der Waals surface area contributed by atoms with Crippen molar-refractivity contribution >= 4 is 17.3 Å². The maximum atomic E-state index is 12.4. The summed E-state index contributed by atoms with van der Waals surface area (Å²) in [7, 11) is 0. The van der Waals surface area contributed by atoms with E-state index in [0.29, 0.717) is 0 Å². The molecule has 2 atom stereocenters. The maximum Gasteiger partial charge on any atom is 0.238 e. The van der Waals surface area contributed by atoms with Gasteiger partial charge >= 0.3 is 0 Å². The molecular weight excluding hydrogens is 388 g/mol. The Morgan fingerprint density at radius 3 is 2.45 bits per heavy atom. The van der Waals surface area contributed by atoms with Gasteiger partial charge in [0.1, 0.15) is 0 Å². The van der Waals surface area contributed by atoms with E-state index in [1.165, 1.54) is 24.1 Å². The summed E-state index contributed by atoms with van der Waals surface area (Å²) in [5.74, 6) is 0.0855. The van der Waals surface area contributed by atoms with E-state index in [0.717, 1.165) is 44.8 Å². The Morgan fingerprint density at radius 2 is 1.74 bits per heavy atom. The number of anilines is 2. The van der Waals surface area contributed by atoms with Gasteiger partial charge in [-0.15, -0.1) is 0 Å². The number of aliphatic hydroxyl groups is 1. The summed E-state index contributed by atoms with van der Waals surface area (Å²) in [6.45, 7) is 5.32. The van der Waals surface area contributed by atoms with Gasteiger partial charge in [0.05, 0.1) is 6.54 Å². The lowest BCUT2D eigenvalue weighted by Gasteiger charge is -2.38. The number of hydrogen-bond acceptors (Lipinski definition) is 5. The molecule has 2 aromatic rings. The lowest BCUT2D eigenvalue weighted by atomic mass is 9.92. The molecule has 0 aliphatic carbocycles. The summed E-state index contributed by atoms with van der Waals surface area (Å²) in [6, 6.07) is 18.7. The second kappa shape index (κ2) is 10.8. The second-order valence-electron chi connectivity index (χ2n) is 8.73. The first-order chi connectivity index (χ1) is 15.2. The largest absolute Gasteiger partial charge is 0.396 e. The molecule has 166 valence electrons. The second-order valence-corrected chi connectivity index (χ2v) is 8.73. The van der Waals surface area contributed by atoms with E-state index < -0.39 is 0 Å². The molecule has 2 aromatic carbocycles. The van der Waals surface area contributed by atoms with Crippen LogP contribution in [0.4, 0.5) is 11.4 Å². The van der Waals surface area contributed by atoms with E-state index in [-0.39, 0.29) is 31.0 Å². The highest BCUT2D eigenvalue weighted by molar-refractivity contribution is 5.92. The number of amides is 1. The number of nitrogens with one attached hydrogen (secondary N) is 2. The van der Waals surface area contributed by atoms with Crippen molar-refractivity contribution in [3.8, 4) is 0 Å². The van der Waals surface area contributed by atoms with Crippen LogP contribution in [0, 0.1) is 5.92 Å². The van der Waals surface area contributed by atoms with Crippen LogP contribution in [0.25, 0.3) is 0 Å². The lowest BCUT2D eigenvalue weighted by Crippen LogP contribution is -2.51. The minimum atomic E-state index is -0.0441. The van der Waals surface area contributed by atoms with Gasteiger partial charge in [-0.1, -0.05) is 30.3 Å². The molecular formula is C25H34N4O2. The molecule has 0 spiro atoms. The average molecular weight is 423 g/mol. The maximum absolute atomic E-state index is 12.4. The van der Waals surface area contributed by atoms with Gasteiger partial charge in [0, 0.05) is 56.1 Å². The predicted molar refractivity (Wildman–Crippen MR) is 125 cm³/mol. The van der Waals surface area contributed by atoms with E-state index in [4.69, 9.17) is 0 Å². The third-order valence-electron chi connectivity index (χ3n) is 6.45. The van der Waals surface area contributed by atoms with Crippen LogP contribution in [0.5, 0.6) is 0 Å². The van der Waals surface area contributed by atoms with E-state index in [2.05, 4.69) is 56.8 Å². The molecule has 0 bridgehead atoms. The molecule has 0 radical (unpaired) electrons. The topological polar surface area (TPSA) is 67.8 Å². The van der Waals surface area contributed by atoms with Crippen molar-refractivity contribution < 1.29 is 9.90 Å². The van der Waals surface area contributed by atoms with Crippen molar-refractivity contribution in [1.82, 2.24) is 10.2 Å². The van der Waals surface area contributed by atoms with Crippen LogP contribution >= 0.6 is 0 Å². The number of piperidine rings is 1. The molecule has 0 aromatic heterocycles. The summed E-state index contributed by atoms with van der Waals surface area (Å²) < 4.78 is 0. The first-order valence-electron chi connectivity index (χ1n) is 11.5. The minimum Gasteiger partial charge on any atom is -0.396 e. The Bertz CT molecular complexity index is 821. The quantitative estimate of drug-likeness (QED) is 0.610. The Hall–Kier alpha value is -2.41. The van der Waals surface area contributed by atoms with Crippen molar-refractivity contribution in [2.75, 3.05) is 49.5 Å². The molecule has 0 saturated carbocycles. The third-order valence-corrected chi connectivity index (χ3v) is 6.45. The summed E-state index contributed by atoms with van der Waals surface area (Å²) in [5, 5.41) is 16.2. The van der Waals surface area contributed by atoms with Gasteiger partial charge in [0.15, 0.2) is 0 Å². The van der Waals surface area contributed by atoms with Gasteiger partial charge in [0.25, 0.3) is 0 Å². The minimum absolute atomic E-state index is 0.0441. The summed E-state index contributed by atoms with van der Waals surface area (Å²) in [4.78, 5) is 17.2. The van der Waals surface area contributed by atoms with Crippen LogP contribution in [-0.4, -0.2) is 61.3 Å². The molecule has 2 saturated heterocycles. The third kappa shape index (κ3) is 6.06. The number of likely N-dealkylation sites (tertiary alicyclic amines) is 1. The number of rotatable bonds is 8. The highest BCUT2D eigenvalue weighted by Crippen LogP contribution is 2.22. The molecule has 1 amide bonds. The smallest absolute Gasteiger partial charge is 0.238 e. The van der Waals surface area contributed by atoms with Gasteiger partial charge < -0.3 is 20.6 Å². The van der Waals surface area contributed by atoms with Gasteiger partial charge in [0.2, 0.25) is 5.91 Å². The number of aliphatic hydroxyl groups excluding tert-OH is 1. The van der Waals surface area contributed by atoms with E-state index in [9.17, 15) is 9.90 Å². The van der Waals surface area contributed by atoms with E-state index >= 15 is 0 Å². The normalized spacial score (nSPS) is 21.9.